The zero-order valence-corrected chi connectivity index (χ0v) is 11.9. The number of hydrogen-bond donors (Lipinski definition) is 1. The maximum atomic E-state index is 11.8. The van der Waals surface area contributed by atoms with E-state index in [0.717, 1.165) is 0 Å². The molecule has 1 N–H and O–H groups in total. The first-order valence-electron chi connectivity index (χ1n) is 5.88. The summed E-state index contributed by atoms with van der Waals surface area (Å²) >= 11 is 1.29. The minimum Gasteiger partial charge on any atom is -0.479 e. The van der Waals surface area contributed by atoms with E-state index < -0.39 is 5.56 Å². The van der Waals surface area contributed by atoms with Crippen molar-refractivity contribution in [3.63, 3.8) is 0 Å². The minimum atomic E-state index is -0.461. The molecule has 0 aliphatic rings. The van der Waals surface area contributed by atoms with Gasteiger partial charge in [-0.1, -0.05) is 11.8 Å². The summed E-state index contributed by atoms with van der Waals surface area (Å²) in [4.78, 5) is 18.7. The highest BCUT2D eigenvalue weighted by atomic mass is 32.2. The molecular weight excluding hydrogens is 288 g/mol. The van der Waals surface area contributed by atoms with E-state index in [1.807, 2.05) is 12.1 Å². The minimum absolute atomic E-state index is 0.0292. The van der Waals surface area contributed by atoms with Gasteiger partial charge in [-0.15, -0.1) is 0 Å². The second-order valence-electron chi connectivity index (χ2n) is 3.88. The fraction of sp³-hybridized carbons (Fsp3) is 0.143. The molecule has 0 spiro atoms. The molecule has 0 atom stereocenters. The van der Waals surface area contributed by atoms with Crippen molar-refractivity contribution in [2.24, 2.45) is 0 Å². The topological polar surface area (TPSA) is 103 Å². The van der Waals surface area contributed by atoms with Crippen molar-refractivity contribution in [1.29, 1.82) is 10.5 Å². The molecule has 0 radical (unpaired) electrons. The summed E-state index contributed by atoms with van der Waals surface area (Å²) in [5.41, 5.74) is 0.477. The fourth-order valence-corrected chi connectivity index (χ4v) is 2.06. The van der Waals surface area contributed by atoms with Crippen LogP contribution < -0.4 is 10.3 Å². The highest BCUT2D eigenvalue weighted by Gasteiger charge is 2.13. The van der Waals surface area contributed by atoms with E-state index in [1.165, 1.54) is 11.8 Å². The van der Waals surface area contributed by atoms with Crippen LogP contribution in [0.5, 0.6) is 5.75 Å². The number of nitrogens with one attached hydrogen (secondary N) is 1. The van der Waals surface area contributed by atoms with Crippen molar-refractivity contribution in [3.05, 3.63) is 40.2 Å². The molecule has 0 aliphatic carbocycles. The number of hydrogen-bond acceptors (Lipinski definition) is 6. The van der Waals surface area contributed by atoms with Gasteiger partial charge in [0, 0.05) is 5.56 Å². The van der Waals surface area contributed by atoms with E-state index in [1.54, 1.807) is 30.5 Å². The average molecular weight is 298 g/mol. The zero-order chi connectivity index (χ0) is 15.2. The SMILES string of the molecule is CSc1nc(-c2ccc(OCC#N)cc2)c(C#N)c(=O)[nH]1. The predicted octanol–water partition coefficient (Wildman–Crippen LogP) is 1.93. The Kier molecular flexibility index (Phi) is 4.60. The van der Waals surface area contributed by atoms with Crippen molar-refractivity contribution in [2.75, 3.05) is 12.9 Å². The lowest BCUT2D eigenvalue weighted by molar-refractivity contribution is 0.368. The number of benzene rings is 1. The number of H-pyrrole nitrogens is 1. The van der Waals surface area contributed by atoms with Crippen molar-refractivity contribution in [3.8, 4) is 29.1 Å². The van der Waals surface area contributed by atoms with Crippen LogP contribution in [-0.2, 0) is 0 Å². The van der Waals surface area contributed by atoms with Gasteiger partial charge in [0.15, 0.2) is 11.8 Å². The smallest absolute Gasteiger partial charge is 0.270 e. The lowest BCUT2D eigenvalue weighted by atomic mass is 10.1. The zero-order valence-electron chi connectivity index (χ0n) is 11.1. The Labute approximate surface area is 125 Å². The standard InChI is InChI=1S/C14H10N4O2S/c1-21-14-17-12(11(8-16)13(19)18-14)9-2-4-10(5-3-9)20-7-6-15/h2-5H,7H2,1H3,(H,17,18,19). The van der Waals surface area contributed by atoms with Gasteiger partial charge in [-0.25, -0.2) is 4.98 Å². The summed E-state index contributed by atoms with van der Waals surface area (Å²) < 4.78 is 5.15. The van der Waals surface area contributed by atoms with E-state index in [9.17, 15) is 4.79 Å². The van der Waals surface area contributed by atoms with Crippen LogP contribution in [0.2, 0.25) is 0 Å². The molecule has 7 heteroatoms. The lowest BCUT2D eigenvalue weighted by Crippen LogP contribution is -2.14. The van der Waals surface area contributed by atoms with Gasteiger partial charge < -0.3 is 9.72 Å². The summed E-state index contributed by atoms with van der Waals surface area (Å²) in [5, 5.41) is 18.0. The summed E-state index contributed by atoms with van der Waals surface area (Å²) in [6, 6.07) is 10.5. The quantitative estimate of drug-likeness (QED) is 0.683. The van der Waals surface area contributed by atoms with Crippen molar-refractivity contribution >= 4 is 11.8 Å². The van der Waals surface area contributed by atoms with Crippen LogP contribution in [0.3, 0.4) is 0 Å². The number of aromatic nitrogens is 2. The Hall–Kier alpha value is -2.77. The summed E-state index contributed by atoms with van der Waals surface area (Å²) in [5.74, 6) is 0.536. The highest BCUT2D eigenvalue weighted by Crippen LogP contribution is 2.23. The van der Waals surface area contributed by atoms with E-state index in [-0.39, 0.29) is 12.2 Å². The number of aromatic amines is 1. The molecule has 0 bridgehead atoms. The first kappa shape index (κ1) is 14.6. The molecule has 0 saturated heterocycles. The van der Waals surface area contributed by atoms with Crippen LogP contribution in [0.4, 0.5) is 0 Å². The third kappa shape index (κ3) is 3.22. The van der Waals surface area contributed by atoms with Gasteiger partial charge in [-0.05, 0) is 30.5 Å². The monoisotopic (exact) mass is 298 g/mol. The van der Waals surface area contributed by atoms with Crippen molar-refractivity contribution in [2.45, 2.75) is 5.16 Å². The molecule has 0 amide bonds. The number of nitrogens with zero attached hydrogens (tertiary/aromatic N) is 3. The first-order chi connectivity index (χ1) is 10.2. The Bertz CT molecular complexity index is 785. The number of ether oxygens (including phenoxy) is 1. The van der Waals surface area contributed by atoms with Crippen LogP contribution in [0.1, 0.15) is 5.56 Å². The van der Waals surface area contributed by atoms with E-state index in [0.29, 0.717) is 22.2 Å². The number of rotatable bonds is 4. The van der Waals surface area contributed by atoms with Crippen molar-refractivity contribution < 1.29 is 4.74 Å². The van der Waals surface area contributed by atoms with Gasteiger partial charge in [0.25, 0.3) is 5.56 Å². The van der Waals surface area contributed by atoms with Gasteiger partial charge in [-0.3, -0.25) is 4.79 Å². The van der Waals surface area contributed by atoms with E-state index in [4.69, 9.17) is 15.3 Å². The molecule has 0 saturated carbocycles. The second-order valence-corrected chi connectivity index (χ2v) is 4.68. The normalized spacial score (nSPS) is 9.67. The molecule has 21 heavy (non-hydrogen) atoms. The molecule has 2 rings (SSSR count). The number of nitriles is 2. The average Bonchev–Trinajstić information content (AvgIpc) is 2.52. The van der Waals surface area contributed by atoms with Gasteiger partial charge >= 0.3 is 0 Å². The van der Waals surface area contributed by atoms with Gasteiger partial charge in [0.1, 0.15) is 23.5 Å². The molecule has 104 valence electrons. The first-order valence-corrected chi connectivity index (χ1v) is 7.10. The molecule has 0 fully saturated rings. The van der Waals surface area contributed by atoms with Gasteiger partial charge in [0.2, 0.25) is 0 Å². The molecule has 1 aromatic heterocycles. The molecule has 2 aromatic rings. The third-order valence-corrected chi connectivity index (χ3v) is 3.21. The lowest BCUT2D eigenvalue weighted by Gasteiger charge is -2.06. The van der Waals surface area contributed by atoms with Crippen LogP contribution in [-0.4, -0.2) is 22.8 Å². The van der Waals surface area contributed by atoms with Crippen LogP contribution >= 0.6 is 11.8 Å². The number of thioether (sulfide) groups is 1. The largest absolute Gasteiger partial charge is 0.479 e. The van der Waals surface area contributed by atoms with E-state index in [2.05, 4.69) is 9.97 Å². The molecule has 1 heterocycles. The Balaban J connectivity index is 2.46. The summed E-state index contributed by atoms with van der Waals surface area (Å²) in [6.45, 7) is -0.0390. The highest BCUT2D eigenvalue weighted by molar-refractivity contribution is 7.98. The summed E-state index contributed by atoms with van der Waals surface area (Å²) in [6.07, 6.45) is 1.78. The van der Waals surface area contributed by atoms with Crippen molar-refractivity contribution in [1.82, 2.24) is 9.97 Å². The third-order valence-electron chi connectivity index (χ3n) is 2.63. The molecular formula is C14H10N4O2S. The van der Waals surface area contributed by atoms with Crippen LogP contribution in [0.25, 0.3) is 11.3 Å². The van der Waals surface area contributed by atoms with Gasteiger partial charge in [0.05, 0.1) is 5.69 Å². The Morgan fingerprint density at radius 2 is 2.05 bits per heavy atom. The second kappa shape index (κ2) is 6.60. The molecule has 6 nitrogen and oxygen atoms in total. The Morgan fingerprint density at radius 3 is 2.62 bits per heavy atom. The van der Waals surface area contributed by atoms with Crippen LogP contribution in [0, 0.1) is 22.7 Å². The predicted molar refractivity (Wildman–Crippen MR) is 77.9 cm³/mol. The fourth-order valence-electron chi connectivity index (χ4n) is 1.69. The maximum Gasteiger partial charge on any atom is 0.270 e. The summed E-state index contributed by atoms with van der Waals surface area (Å²) in [7, 11) is 0. The van der Waals surface area contributed by atoms with Crippen LogP contribution in [0.15, 0.2) is 34.2 Å². The molecule has 0 unspecified atom stereocenters. The van der Waals surface area contributed by atoms with Gasteiger partial charge in [-0.2, -0.15) is 10.5 Å². The maximum absolute atomic E-state index is 11.8. The van der Waals surface area contributed by atoms with E-state index >= 15 is 0 Å². The molecule has 0 aliphatic heterocycles. The Morgan fingerprint density at radius 1 is 1.33 bits per heavy atom. The molecule has 1 aromatic carbocycles.